The van der Waals surface area contributed by atoms with E-state index in [2.05, 4.69) is 6.07 Å². The molecule has 0 atom stereocenters. The average molecular weight is 356 g/mol. The molecule has 2 fully saturated rings. The number of nitriles is 1. The number of hydrogen-bond donors (Lipinski definition) is 0. The molecule has 2 aliphatic rings. The maximum absolute atomic E-state index is 12.6. The number of nitrogens with zero attached hydrogens (tertiary/aromatic N) is 4. The Morgan fingerprint density at radius 3 is 2.25 bits per heavy atom. The first-order valence-corrected chi connectivity index (χ1v) is 10.3. The molecule has 1 saturated heterocycles. The van der Waals surface area contributed by atoms with Crippen molar-refractivity contribution in [2.24, 2.45) is 0 Å². The van der Waals surface area contributed by atoms with Gasteiger partial charge in [0.25, 0.3) is 0 Å². The minimum absolute atomic E-state index is 0.0507. The van der Waals surface area contributed by atoms with Crippen molar-refractivity contribution < 1.29 is 13.2 Å². The van der Waals surface area contributed by atoms with Gasteiger partial charge < -0.3 is 4.90 Å². The number of rotatable bonds is 5. The third-order valence-electron chi connectivity index (χ3n) is 5.35. The van der Waals surface area contributed by atoms with Crippen molar-refractivity contribution in [2.75, 3.05) is 45.5 Å². The minimum atomic E-state index is -3.15. The van der Waals surface area contributed by atoms with Crippen molar-refractivity contribution in [1.29, 1.82) is 5.26 Å². The third kappa shape index (κ3) is 4.08. The number of amides is 1. The fourth-order valence-electron chi connectivity index (χ4n) is 3.54. The van der Waals surface area contributed by atoms with E-state index in [1.165, 1.54) is 4.31 Å². The third-order valence-corrected chi connectivity index (χ3v) is 7.23. The summed E-state index contributed by atoms with van der Waals surface area (Å²) in [4.78, 5) is 16.2. The summed E-state index contributed by atoms with van der Waals surface area (Å²) in [6.07, 6.45) is 4.58. The summed E-state index contributed by atoms with van der Waals surface area (Å²) in [5, 5.41) is 9.59. The molecule has 0 aromatic heterocycles. The van der Waals surface area contributed by atoms with Crippen LogP contribution in [0, 0.1) is 11.3 Å². The van der Waals surface area contributed by atoms with Crippen molar-refractivity contribution in [1.82, 2.24) is 14.1 Å². The van der Waals surface area contributed by atoms with Crippen molar-refractivity contribution in [3.8, 4) is 6.07 Å². The molecule has 1 saturated carbocycles. The van der Waals surface area contributed by atoms with Crippen LogP contribution < -0.4 is 0 Å². The number of hydrogen-bond acceptors (Lipinski definition) is 5. The summed E-state index contributed by atoms with van der Waals surface area (Å²) in [7, 11) is -1.42. The Kier molecular flexibility index (Phi) is 6.23. The maximum atomic E-state index is 12.6. The number of piperazine rings is 1. The topological polar surface area (TPSA) is 84.7 Å². The zero-order valence-electron chi connectivity index (χ0n) is 14.7. The van der Waals surface area contributed by atoms with E-state index < -0.39 is 15.6 Å². The molecule has 0 aromatic carbocycles. The highest BCUT2D eigenvalue weighted by atomic mass is 32.2. The number of carbonyl (C=O) groups excluding carboxylic acids is 1. The largest absolute Gasteiger partial charge is 0.326 e. The van der Waals surface area contributed by atoms with Gasteiger partial charge in [-0.25, -0.2) is 8.42 Å². The molecule has 0 unspecified atom stereocenters. The lowest BCUT2D eigenvalue weighted by Crippen LogP contribution is -2.55. The van der Waals surface area contributed by atoms with Crippen molar-refractivity contribution in [3.05, 3.63) is 0 Å². The van der Waals surface area contributed by atoms with Crippen LogP contribution in [0.15, 0.2) is 0 Å². The van der Waals surface area contributed by atoms with E-state index in [0.29, 0.717) is 26.2 Å². The van der Waals surface area contributed by atoms with E-state index in [0.717, 1.165) is 32.1 Å². The molecule has 0 aromatic rings. The maximum Gasteiger partial charge on any atom is 0.237 e. The van der Waals surface area contributed by atoms with Gasteiger partial charge in [-0.15, -0.1) is 0 Å². The summed E-state index contributed by atoms with van der Waals surface area (Å²) >= 11 is 0. The van der Waals surface area contributed by atoms with Gasteiger partial charge in [-0.2, -0.15) is 9.57 Å². The lowest BCUT2D eigenvalue weighted by Gasteiger charge is -2.40. The van der Waals surface area contributed by atoms with Crippen LogP contribution in [0.2, 0.25) is 0 Å². The fourth-order valence-corrected chi connectivity index (χ4v) is 4.63. The van der Waals surface area contributed by atoms with Crippen LogP contribution in [-0.2, 0) is 14.8 Å². The van der Waals surface area contributed by atoms with E-state index in [1.54, 1.807) is 18.9 Å². The van der Waals surface area contributed by atoms with Crippen molar-refractivity contribution >= 4 is 15.9 Å². The van der Waals surface area contributed by atoms with E-state index in [-0.39, 0.29) is 18.2 Å². The van der Waals surface area contributed by atoms with Crippen LogP contribution in [0.3, 0.4) is 0 Å². The second-order valence-electron chi connectivity index (χ2n) is 6.73. The van der Waals surface area contributed by atoms with Gasteiger partial charge in [0.05, 0.1) is 18.4 Å². The molecule has 1 heterocycles. The van der Waals surface area contributed by atoms with Crippen LogP contribution in [-0.4, -0.2) is 79.5 Å². The molecule has 0 bridgehead atoms. The monoisotopic (exact) mass is 356 g/mol. The molecule has 1 aliphatic carbocycles. The van der Waals surface area contributed by atoms with E-state index >= 15 is 0 Å². The summed E-state index contributed by atoms with van der Waals surface area (Å²) in [5.74, 6) is 0.0598. The lowest BCUT2D eigenvalue weighted by atomic mass is 9.81. The highest BCUT2D eigenvalue weighted by molar-refractivity contribution is 7.89. The van der Waals surface area contributed by atoms with Gasteiger partial charge in [-0.3, -0.25) is 9.69 Å². The predicted octanol–water partition coefficient (Wildman–Crippen LogP) is 0.639. The van der Waals surface area contributed by atoms with E-state index in [1.807, 2.05) is 4.90 Å². The molecule has 24 heavy (non-hydrogen) atoms. The van der Waals surface area contributed by atoms with Crippen LogP contribution in [0.4, 0.5) is 0 Å². The Bertz CT molecular complexity index is 585. The Labute approximate surface area is 145 Å². The average Bonchev–Trinajstić information content (AvgIpc) is 2.62. The second kappa shape index (κ2) is 7.81. The van der Waals surface area contributed by atoms with Gasteiger partial charge in [0, 0.05) is 33.2 Å². The molecule has 1 aliphatic heterocycles. The molecule has 7 nitrogen and oxygen atoms in total. The quantitative estimate of drug-likeness (QED) is 0.722. The van der Waals surface area contributed by atoms with E-state index in [4.69, 9.17) is 0 Å². The number of sulfonamides is 1. The standard InChI is InChI=1S/C16H28N4O3S/c1-3-24(22,23)20-11-9-19(10-12-20)13-15(21)18(2)16(14-17)7-5-4-6-8-16/h3-13H2,1-2H3. The SMILES string of the molecule is CCS(=O)(=O)N1CCN(CC(=O)N(C)C2(C#N)CCCCC2)CC1. The Morgan fingerprint density at radius 1 is 1.17 bits per heavy atom. The molecule has 8 heteroatoms. The van der Waals surface area contributed by atoms with Gasteiger partial charge in [-0.1, -0.05) is 19.3 Å². The number of likely N-dealkylation sites (N-methyl/N-ethyl adjacent to an activating group) is 1. The summed E-state index contributed by atoms with van der Waals surface area (Å²) in [5.41, 5.74) is -0.664. The van der Waals surface area contributed by atoms with E-state index in [9.17, 15) is 18.5 Å². The Balaban J connectivity index is 1.90. The zero-order valence-corrected chi connectivity index (χ0v) is 15.5. The highest BCUT2D eigenvalue weighted by Gasteiger charge is 2.39. The van der Waals surface area contributed by atoms with Crippen LogP contribution >= 0.6 is 0 Å². The predicted molar refractivity (Wildman–Crippen MR) is 91.7 cm³/mol. The fraction of sp³-hybridized carbons (Fsp3) is 0.875. The summed E-state index contributed by atoms with van der Waals surface area (Å²) < 4.78 is 25.2. The van der Waals surface area contributed by atoms with Crippen molar-refractivity contribution in [3.63, 3.8) is 0 Å². The molecule has 136 valence electrons. The first kappa shape index (κ1) is 19.2. The first-order chi connectivity index (χ1) is 11.3. The molecular formula is C16H28N4O3S. The first-order valence-electron chi connectivity index (χ1n) is 8.73. The zero-order chi connectivity index (χ0) is 17.8. The van der Waals surface area contributed by atoms with Gasteiger partial charge in [0.15, 0.2) is 0 Å². The van der Waals surface area contributed by atoms with Gasteiger partial charge in [-0.05, 0) is 19.8 Å². The van der Waals surface area contributed by atoms with Crippen LogP contribution in [0.25, 0.3) is 0 Å². The normalized spacial score (nSPS) is 22.7. The molecule has 0 spiro atoms. The van der Waals surface area contributed by atoms with Crippen molar-refractivity contribution in [2.45, 2.75) is 44.6 Å². The molecule has 0 radical (unpaired) electrons. The van der Waals surface area contributed by atoms with Gasteiger partial charge in [0.2, 0.25) is 15.9 Å². The molecule has 0 N–H and O–H groups in total. The summed E-state index contributed by atoms with van der Waals surface area (Å²) in [6.45, 7) is 3.86. The Morgan fingerprint density at radius 2 is 1.75 bits per heavy atom. The number of carbonyl (C=O) groups is 1. The van der Waals surface area contributed by atoms with Crippen LogP contribution in [0.5, 0.6) is 0 Å². The molecular weight excluding hydrogens is 328 g/mol. The van der Waals surface area contributed by atoms with Gasteiger partial charge in [0.1, 0.15) is 5.54 Å². The smallest absolute Gasteiger partial charge is 0.237 e. The minimum Gasteiger partial charge on any atom is -0.326 e. The lowest BCUT2D eigenvalue weighted by molar-refractivity contribution is -0.136. The van der Waals surface area contributed by atoms with Gasteiger partial charge >= 0.3 is 0 Å². The highest BCUT2D eigenvalue weighted by Crippen LogP contribution is 2.32. The second-order valence-corrected chi connectivity index (χ2v) is 8.99. The summed E-state index contributed by atoms with van der Waals surface area (Å²) in [6, 6.07) is 2.37. The van der Waals surface area contributed by atoms with Crippen LogP contribution in [0.1, 0.15) is 39.0 Å². The molecule has 1 amide bonds. The Hall–Kier alpha value is -1.17. The molecule has 2 rings (SSSR count).